The molecule has 0 radical (unpaired) electrons. The number of alkyl halides is 2. The molecule has 1 saturated carbocycles. The highest BCUT2D eigenvalue weighted by Gasteiger charge is 2.36. The van der Waals surface area contributed by atoms with Crippen molar-refractivity contribution in [2.24, 2.45) is 5.92 Å². The van der Waals surface area contributed by atoms with Crippen LogP contribution in [0.2, 0.25) is 0 Å². The number of aliphatic hydroxyl groups excluding tert-OH is 1. The summed E-state index contributed by atoms with van der Waals surface area (Å²) in [6, 6.07) is 4.70. The van der Waals surface area contributed by atoms with Gasteiger partial charge in [-0.05, 0) is 37.0 Å². The molecule has 2 aromatic heterocycles. The largest absolute Gasteiger partial charge is 0.395 e. The van der Waals surface area contributed by atoms with E-state index in [0.717, 1.165) is 15.4 Å². The van der Waals surface area contributed by atoms with Crippen molar-refractivity contribution in [1.29, 1.82) is 0 Å². The van der Waals surface area contributed by atoms with Crippen LogP contribution in [0.5, 0.6) is 0 Å². The standard InChI is InChI=1S/C25H33F2N5O4S/c1-24(2,3)23-30-20-13-19(4-5-21(20)31(23)15-17-6-8-25(26,27)9-7-17)37(35,36)32-16-18(14-29-32)12-22(34)28-10-11-33/h4-5,13-14,16-17,33H,6-12,15H2,1-3H3,(H,28,34). The van der Waals surface area contributed by atoms with Gasteiger partial charge in [0.2, 0.25) is 11.8 Å². The quantitative estimate of drug-likeness (QED) is 0.455. The number of carbonyl (C=O) groups is 1. The van der Waals surface area contributed by atoms with E-state index < -0.39 is 15.9 Å². The van der Waals surface area contributed by atoms with Crippen LogP contribution in [0.3, 0.4) is 0 Å². The van der Waals surface area contributed by atoms with Crippen molar-refractivity contribution in [2.45, 2.75) is 75.7 Å². The van der Waals surface area contributed by atoms with E-state index in [4.69, 9.17) is 10.1 Å². The third kappa shape index (κ3) is 6.01. The molecule has 1 aromatic carbocycles. The van der Waals surface area contributed by atoms with Gasteiger partial charge in [-0.1, -0.05) is 20.8 Å². The number of nitrogens with one attached hydrogen (secondary N) is 1. The highest BCUT2D eigenvalue weighted by Crippen LogP contribution is 2.38. The number of hydrogen-bond acceptors (Lipinski definition) is 6. The van der Waals surface area contributed by atoms with Crippen LogP contribution in [-0.2, 0) is 33.2 Å². The highest BCUT2D eigenvalue weighted by atomic mass is 32.2. The molecular formula is C25H33F2N5O4S. The highest BCUT2D eigenvalue weighted by molar-refractivity contribution is 7.89. The minimum Gasteiger partial charge on any atom is -0.395 e. The number of benzene rings is 1. The van der Waals surface area contributed by atoms with Crippen LogP contribution in [0, 0.1) is 5.92 Å². The predicted molar refractivity (Wildman–Crippen MR) is 134 cm³/mol. The minimum atomic E-state index is -4.04. The lowest BCUT2D eigenvalue weighted by Crippen LogP contribution is -2.28. The Labute approximate surface area is 214 Å². The van der Waals surface area contributed by atoms with Crippen LogP contribution in [0.4, 0.5) is 8.78 Å². The van der Waals surface area contributed by atoms with E-state index in [1.54, 1.807) is 6.07 Å². The molecule has 2 N–H and O–H groups in total. The molecule has 0 bridgehead atoms. The van der Waals surface area contributed by atoms with Gasteiger partial charge in [-0.2, -0.15) is 17.6 Å². The smallest absolute Gasteiger partial charge is 0.283 e. The zero-order valence-corrected chi connectivity index (χ0v) is 22.1. The van der Waals surface area contributed by atoms with Gasteiger partial charge in [0, 0.05) is 43.1 Å². The third-order valence-electron chi connectivity index (χ3n) is 6.62. The average molecular weight is 538 g/mol. The Kier molecular flexibility index (Phi) is 7.44. The minimum absolute atomic E-state index is 0.00167. The lowest BCUT2D eigenvalue weighted by molar-refractivity contribution is -0.120. The van der Waals surface area contributed by atoms with Crippen LogP contribution < -0.4 is 5.32 Å². The summed E-state index contributed by atoms with van der Waals surface area (Å²) in [5.74, 6) is -2.09. The van der Waals surface area contributed by atoms with Crippen molar-refractivity contribution in [1.82, 2.24) is 24.1 Å². The molecule has 1 aliphatic rings. The van der Waals surface area contributed by atoms with Gasteiger partial charge in [0.15, 0.2) is 0 Å². The van der Waals surface area contributed by atoms with Gasteiger partial charge in [0.25, 0.3) is 10.0 Å². The number of fused-ring (bicyclic) bond motifs is 1. The van der Waals surface area contributed by atoms with Gasteiger partial charge < -0.3 is 15.0 Å². The second-order valence-electron chi connectivity index (χ2n) is 10.7. The predicted octanol–water partition coefficient (Wildman–Crippen LogP) is 3.24. The van der Waals surface area contributed by atoms with E-state index in [2.05, 4.69) is 10.4 Å². The van der Waals surface area contributed by atoms with Gasteiger partial charge in [-0.3, -0.25) is 4.79 Å². The van der Waals surface area contributed by atoms with Crippen molar-refractivity contribution in [2.75, 3.05) is 13.2 Å². The molecule has 0 aliphatic heterocycles. The van der Waals surface area contributed by atoms with Crippen LogP contribution in [0.15, 0.2) is 35.5 Å². The van der Waals surface area contributed by atoms with Crippen LogP contribution in [0.1, 0.15) is 57.8 Å². The monoisotopic (exact) mass is 537 g/mol. The van der Waals surface area contributed by atoms with E-state index in [1.807, 2.05) is 25.3 Å². The number of aliphatic hydroxyl groups is 1. The van der Waals surface area contributed by atoms with Crippen LogP contribution in [0.25, 0.3) is 11.0 Å². The Morgan fingerprint density at radius 2 is 1.95 bits per heavy atom. The second kappa shape index (κ2) is 10.1. The summed E-state index contributed by atoms with van der Waals surface area (Å²) in [4.78, 5) is 16.6. The molecular weight excluding hydrogens is 504 g/mol. The Morgan fingerprint density at radius 1 is 1.24 bits per heavy atom. The Morgan fingerprint density at radius 3 is 2.59 bits per heavy atom. The number of nitrogens with zero attached hydrogens (tertiary/aromatic N) is 4. The molecule has 1 fully saturated rings. The molecule has 0 spiro atoms. The van der Waals surface area contributed by atoms with E-state index in [1.165, 1.54) is 24.5 Å². The molecule has 12 heteroatoms. The Bertz CT molecular complexity index is 1380. The fraction of sp³-hybridized carbons (Fsp3) is 0.560. The Hall–Kier alpha value is -2.86. The van der Waals surface area contributed by atoms with Crippen LogP contribution >= 0.6 is 0 Å². The summed E-state index contributed by atoms with van der Waals surface area (Å²) >= 11 is 0. The molecule has 37 heavy (non-hydrogen) atoms. The maximum atomic E-state index is 13.7. The van der Waals surface area contributed by atoms with Crippen molar-refractivity contribution < 1.29 is 27.1 Å². The first-order chi connectivity index (χ1) is 17.3. The number of hydrogen-bond donors (Lipinski definition) is 2. The zero-order valence-electron chi connectivity index (χ0n) is 21.2. The SMILES string of the molecule is CC(C)(C)c1nc2cc(S(=O)(=O)n3cc(CC(=O)NCCO)cn3)ccc2n1CC1CCC(F)(F)CC1. The third-order valence-corrected chi connectivity index (χ3v) is 8.17. The maximum Gasteiger partial charge on any atom is 0.283 e. The number of aromatic nitrogens is 4. The molecule has 1 amide bonds. The molecule has 0 atom stereocenters. The molecule has 3 aromatic rings. The summed E-state index contributed by atoms with van der Waals surface area (Å²) in [7, 11) is -4.04. The Balaban J connectivity index is 1.63. The fourth-order valence-electron chi connectivity index (χ4n) is 4.68. The average Bonchev–Trinajstić information content (AvgIpc) is 3.44. The number of amides is 1. The first kappa shape index (κ1) is 27.2. The maximum absolute atomic E-state index is 13.7. The summed E-state index contributed by atoms with van der Waals surface area (Å²) in [5, 5.41) is 15.3. The number of rotatable bonds is 8. The van der Waals surface area contributed by atoms with E-state index in [0.29, 0.717) is 30.5 Å². The molecule has 202 valence electrons. The van der Waals surface area contributed by atoms with Crippen LogP contribution in [-0.4, -0.2) is 57.2 Å². The van der Waals surface area contributed by atoms with Gasteiger partial charge >= 0.3 is 0 Å². The van der Waals surface area contributed by atoms with Gasteiger partial charge in [-0.25, -0.2) is 13.8 Å². The lowest BCUT2D eigenvalue weighted by Gasteiger charge is -2.30. The van der Waals surface area contributed by atoms with Crippen molar-refractivity contribution in [3.63, 3.8) is 0 Å². The molecule has 2 heterocycles. The number of carbonyl (C=O) groups excluding carboxylic acids is 1. The van der Waals surface area contributed by atoms with Gasteiger partial charge in [0.05, 0.1) is 35.2 Å². The van der Waals surface area contributed by atoms with Gasteiger partial charge in [-0.15, -0.1) is 0 Å². The molecule has 0 saturated heterocycles. The number of imidazole rings is 1. The molecule has 0 unspecified atom stereocenters. The summed E-state index contributed by atoms with van der Waals surface area (Å²) in [6.07, 6.45) is 3.16. The first-order valence-electron chi connectivity index (χ1n) is 12.4. The molecule has 9 nitrogen and oxygen atoms in total. The number of halogens is 2. The summed E-state index contributed by atoms with van der Waals surface area (Å²) in [5.41, 5.74) is 1.33. The van der Waals surface area contributed by atoms with E-state index in [-0.39, 0.29) is 54.5 Å². The van der Waals surface area contributed by atoms with E-state index >= 15 is 0 Å². The van der Waals surface area contributed by atoms with Crippen molar-refractivity contribution in [3.05, 3.63) is 42.0 Å². The second-order valence-corrected chi connectivity index (χ2v) is 12.5. The van der Waals surface area contributed by atoms with Crippen molar-refractivity contribution >= 4 is 27.0 Å². The van der Waals surface area contributed by atoms with E-state index in [9.17, 15) is 22.0 Å². The topological polar surface area (TPSA) is 119 Å². The molecule has 1 aliphatic carbocycles. The fourth-order valence-corrected chi connectivity index (χ4v) is 5.84. The summed E-state index contributed by atoms with van der Waals surface area (Å²) in [6.45, 7) is 6.51. The zero-order chi connectivity index (χ0) is 27.0. The van der Waals surface area contributed by atoms with Gasteiger partial charge in [0.1, 0.15) is 5.82 Å². The molecule has 4 rings (SSSR count). The van der Waals surface area contributed by atoms with Crippen molar-refractivity contribution in [3.8, 4) is 0 Å². The lowest BCUT2D eigenvalue weighted by atomic mass is 9.86. The first-order valence-corrected chi connectivity index (χ1v) is 13.8. The normalized spacial score (nSPS) is 16.8. The summed E-state index contributed by atoms with van der Waals surface area (Å²) < 4.78 is 56.8.